The summed E-state index contributed by atoms with van der Waals surface area (Å²) >= 11 is 0. The average Bonchev–Trinajstić information content (AvgIpc) is 3.55. The number of benzene rings is 5. The quantitative estimate of drug-likeness (QED) is 0.199. The van der Waals surface area contributed by atoms with Crippen LogP contribution < -0.4 is 0 Å². The average molecular weight is 596 g/mol. The summed E-state index contributed by atoms with van der Waals surface area (Å²) in [6.07, 6.45) is 4.09. The number of fused-ring (bicyclic) bond motifs is 5. The molecule has 46 heavy (non-hydrogen) atoms. The minimum atomic E-state index is -0.275. The molecule has 0 atom stereocenters. The van der Waals surface area contributed by atoms with Crippen LogP contribution in [0.5, 0.6) is 0 Å². The Morgan fingerprint density at radius 2 is 1.11 bits per heavy atom. The molecule has 0 saturated heterocycles. The van der Waals surface area contributed by atoms with Crippen LogP contribution in [0.25, 0.3) is 73.5 Å². The third-order valence-corrected chi connectivity index (χ3v) is 9.20. The van der Waals surface area contributed by atoms with E-state index in [-0.39, 0.29) is 5.41 Å². The zero-order valence-corrected chi connectivity index (χ0v) is 26.4. The molecule has 0 radical (unpaired) electrons. The number of furan rings is 1. The number of rotatable bonds is 5. The zero-order valence-electron chi connectivity index (χ0n) is 26.4. The maximum Gasteiger partial charge on any atom is 0.164 e. The van der Waals surface area contributed by atoms with Crippen molar-refractivity contribution >= 4 is 17.0 Å². The largest absolute Gasteiger partial charge is 0.456 e. The summed E-state index contributed by atoms with van der Waals surface area (Å²) in [4.78, 5) is 14.9. The van der Waals surface area contributed by atoms with Crippen molar-refractivity contribution in [3.63, 3.8) is 0 Å². The van der Waals surface area contributed by atoms with Crippen LogP contribution in [0.2, 0.25) is 0 Å². The number of nitrogens with zero attached hydrogens (tertiary/aromatic N) is 3. The van der Waals surface area contributed by atoms with Crippen molar-refractivity contribution in [2.24, 2.45) is 0 Å². The van der Waals surface area contributed by atoms with E-state index in [0.717, 1.165) is 33.6 Å². The van der Waals surface area contributed by atoms with Crippen LogP contribution in [0.1, 0.15) is 43.2 Å². The van der Waals surface area contributed by atoms with Crippen molar-refractivity contribution in [2.75, 3.05) is 0 Å². The fourth-order valence-corrected chi connectivity index (χ4v) is 7.04. The first-order chi connectivity index (χ1) is 22.4. The summed E-state index contributed by atoms with van der Waals surface area (Å²) in [5, 5.41) is 1.18. The molecule has 2 aromatic heterocycles. The summed E-state index contributed by atoms with van der Waals surface area (Å²) in [5.41, 5.74) is 12.1. The Balaban J connectivity index is 1.28. The van der Waals surface area contributed by atoms with E-state index >= 15 is 0 Å². The van der Waals surface area contributed by atoms with E-state index < -0.39 is 0 Å². The Bertz CT molecular complexity index is 2240. The number of aryl methyl sites for hydroxylation is 1. The van der Waals surface area contributed by atoms with Crippen LogP contribution in [0.15, 0.2) is 126 Å². The predicted octanol–water partition coefficient (Wildman–Crippen LogP) is 10.9. The van der Waals surface area contributed by atoms with E-state index in [4.69, 9.17) is 19.4 Å². The summed E-state index contributed by atoms with van der Waals surface area (Å²) in [5.74, 6) is 2.88. The van der Waals surface area contributed by atoms with Gasteiger partial charge >= 0.3 is 0 Å². The van der Waals surface area contributed by atoms with Crippen molar-refractivity contribution in [3.05, 3.63) is 144 Å². The molecule has 0 amide bonds. The molecule has 0 fully saturated rings. The minimum absolute atomic E-state index is 0.275. The molecule has 0 bridgehead atoms. The minimum Gasteiger partial charge on any atom is -0.456 e. The molecule has 4 nitrogen and oxygen atoms in total. The molecule has 8 rings (SSSR count). The lowest BCUT2D eigenvalue weighted by Crippen LogP contribution is -2.16. The standard InChI is InChI=1S/C42H33N3O/c1-5-14-35-26(2)31-23-24-34-33-22-13-21-32(36(33)42(3,4)37(34)38(31)46-35)29-19-12-20-30(25-29)41-44-39(27-15-8-6-9-16-27)43-40(45-41)28-17-10-7-11-18-28/h5-25H,1-4H3/b14-5-. The van der Waals surface area contributed by atoms with Gasteiger partial charge in [-0.1, -0.05) is 129 Å². The lowest BCUT2D eigenvalue weighted by atomic mass is 9.78. The van der Waals surface area contributed by atoms with Crippen LogP contribution in [-0.4, -0.2) is 15.0 Å². The van der Waals surface area contributed by atoms with Gasteiger partial charge in [0.25, 0.3) is 0 Å². The molecule has 5 aromatic carbocycles. The third kappa shape index (κ3) is 4.40. The van der Waals surface area contributed by atoms with Crippen LogP contribution >= 0.6 is 0 Å². The molecule has 0 unspecified atom stereocenters. The molecule has 0 N–H and O–H groups in total. The van der Waals surface area contributed by atoms with Gasteiger partial charge < -0.3 is 4.42 Å². The van der Waals surface area contributed by atoms with Crippen molar-refractivity contribution in [3.8, 4) is 56.4 Å². The van der Waals surface area contributed by atoms with Gasteiger partial charge in [0.15, 0.2) is 17.5 Å². The summed E-state index contributed by atoms with van der Waals surface area (Å²) in [6.45, 7) is 8.82. The lowest BCUT2D eigenvalue weighted by Gasteiger charge is -2.24. The first kappa shape index (κ1) is 27.9. The molecule has 0 spiro atoms. The van der Waals surface area contributed by atoms with E-state index in [2.05, 4.69) is 81.4 Å². The SMILES string of the molecule is C/C=C\c1oc2c3c(ccc2c1C)-c1cccc(-c2cccc(-c4nc(-c5ccccc5)nc(-c5ccccc5)n4)c2)c1C3(C)C. The molecule has 2 heterocycles. The van der Waals surface area contributed by atoms with Gasteiger partial charge in [0.2, 0.25) is 0 Å². The summed E-state index contributed by atoms with van der Waals surface area (Å²) < 4.78 is 6.56. The fraction of sp³-hybridized carbons (Fsp3) is 0.119. The van der Waals surface area contributed by atoms with Gasteiger partial charge in [-0.15, -0.1) is 0 Å². The van der Waals surface area contributed by atoms with E-state index in [1.54, 1.807) is 0 Å². The van der Waals surface area contributed by atoms with Crippen LogP contribution in [-0.2, 0) is 5.41 Å². The van der Waals surface area contributed by atoms with Crippen LogP contribution in [0.3, 0.4) is 0 Å². The smallest absolute Gasteiger partial charge is 0.164 e. The van der Waals surface area contributed by atoms with Gasteiger partial charge in [-0.25, -0.2) is 15.0 Å². The van der Waals surface area contributed by atoms with E-state index in [1.807, 2.05) is 73.7 Å². The fourth-order valence-electron chi connectivity index (χ4n) is 7.04. The van der Waals surface area contributed by atoms with E-state index in [9.17, 15) is 0 Å². The molecule has 222 valence electrons. The predicted molar refractivity (Wildman–Crippen MR) is 188 cm³/mol. The second kappa shape index (κ2) is 10.8. The van der Waals surface area contributed by atoms with Crippen LogP contribution in [0, 0.1) is 6.92 Å². The molecule has 0 aliphatic heterocycles. The third-order valence-electron chi connectivity index (χ3n) is 9.20. The Morgan fingerprint density at radius 3 is 1.76 bits per heavy atom. The maximum atomic E-state index is 6.56. The van der Waals surface area contributed by atoms with Crippen molar-refractivity contribution in [1.29, 1.82) is 0 Å². The normalized spacial score (nSPS) is 13.3. The molecule has 1 aliphatic carbocycles. The molecule has 0 saturated carbocycles. The van der Waals surface area contributed by atoms with Gasteiger partial charge in [0.1, 0.15) is 11.3 Å². The van der Waals surface area contributed by atoms with Gasteiger partial charge in [-0.05, 0) is 53.8 Å². The second-order valence-corrected chi connectivity index (χ2v) is 12.4. The highest BCUT2D eigenvalue weighted by Crippen LogP contribution is 2.55. The highest BCUT2D eigenvalue weighted by atomic mass is 16.3. The Morgan fingerprint density at radius 1 is 0.565 bits per heavy atom. The molecule has 7 aromatic rings. The van der Waals surface area contributed by atoms with Gasteiger partial charge in [-0.3, -0.25) is 0 Å². The first-order valence-corrected chi connectivity index (χ1v) is 15.7. The monoisotopic (exact) mass is 595 g/mol. The number of aromatic nitrogens is 3. The van der Waals surface area contributed by atoms with Crippen molar-refractivity contribution in [2.45, 2.75) is 33.1 Å². The first-order valence-electron chi connectivity index (χ1n) is 15.7. The highest BCUT2D eigenvalue weighted by molar-refractivity contribution is 5.99. The van der Waals surface area contributed by atoms with Crippen molar-refractivity contribution < 1.29 is 4.42 Å². The number of hydrogen-bond donors (Lipinski definition) is 0. The number of hydrogen-bond acceptors (Lipinski definition) is 4. The lowest BCUT2D eigenvalue weighted by molar-refractivity contribution is 0.579. The van der Waals surface area contributed by atoms with Gasteiger partial charge in [-0.2, -0.15) is 0 Å². The highest BCUT2D eigenvalue weighted by Gasteiger charge is 2.40. The Labute approximate surface area is 269 Å². The molecular weight excluding hydrogens is 562 g/mol. The van der Waals surface area contributed by atoms with E-state index in [0.29, 0.717) is 17.5 Å². The summed E-state index contributed by atoms with van der Waals surface area (Å²) in [6, 6.07) is 39.9. The maximum absolute atomic E-state index is 6.56. The van der Waals surface area contributed by atoms with Gasteiger partial charge in [0.05, 0.1) is 0 Å². The number of allylic oxidation sites excluding steroid dienone is 1. The van der Waals surface area contributed by atoms with Crippen LogP contribution in [0.4, 0.5) is 0 Å². The van der Waals surface area contributed by atoms with E-state index in [1.165, 1.54) is 38.8 Å². The Hall–Kier alpha value is -5.61. The molecule has 1 aliphatic rings. The molecular formula is C42H33N3O. The second-order valence-electron chi connectivity index (χ2n) is 12.4. The topological polar surface area (TPSA) is 51.8 Å². The van der Waals surface area contributed by atoms with Crippen molar-refractivity contribution in [1.82, 2.24) is 15.0 Å². The zero-order chi connectivity index (χ0) is 31.4. The molecule has 4 heteroatoms. The Kier molecular flexibility index (Phi) is 6.54. The van der Waals surface area contributed by atoms with Gasteiger partial charge in [0, 0.05) is 38.6 Å². The summed E-state index contributed by atoms with van der Waals surface area (Å²) in [7, 11) is 0.